The van der Waals surface area contributed by atoms with Crippen LogP contribution in [0.15, 0.2) is 42.5 Å². The SMILES string of the molecule is O=C(c1ccc(N2CCN(Cc3ccccc3)CC2)nn1)N1CCCCCC1. The van der Waals surface area contributed by atoms with Crippen molar-refractivity contribution >= 4 is 11.7 Å². The second kappa shape index (κ2) is 9.15. The fourth-order valence-corrected chi connectivity index (χ4v) is 4.02. The third kappa shape index (κ3) is 4.68. The van der Waals surface area contributed by atoms with Crippen LogP contribution < -0.4 is 4.90 Å². The van der Waals surface area contributed by atoms with E-state index >= 15 is 0 Å². The van der Waals surface area contributed by atoms with Gasteiger partial charge in [-0.15, -0.1) is 10.2 Å². The summed E-state index contributed by atoms with van der Waals surface area (Å²) in [5.41, 5.74) is 1.82. The number of hydrogen-bond donors (Lipinski definition) is 0. The van der Waals surface area contributed by atoms with E-state index in [9.17, 15) is 4.79 Å². The highest BCUT2D eigenvalue weighted by molar-refractivity contribution is 5.92. The van der Waals surface area contributed by atoms with Crippen molar-refractivity contribution in [1.82, 2.24) is 20.0 Å². The van der Waals surface area contributed by atoms with Crippen LogP contribution in [0.1, 0.15) is 41.7 Å². The number of benzene rings is 1. The van der Waals surface area contributed by atoms with Crippen molar-refractivity contribution in [3.63, 3.8) is 0 Å². The summed E-state index contributed by atoms with van der Waals surface area (Å²) in [5, 5.41) is 8.61. The number of rotatable bonds is 4. The highest BCUT2D eigenvalue weighted by Crippen LogP contribution is 2.16. The number of carbonyl (C=O) groups is 1. The molecule has 6 nitrogen and oxygen atoms in total. The van der Waals surface area contributed by atoms with Gasteiger partial charge in [-0.1, -0.05) is 43.2 Å². The van der Waals surface area contributed by atoms with Crippen molar-refractivity contribution in [1.29, 1.82) is 0 Å². The van der Waals surface area contributed by atoms with Gasteiger partial charge >= 0.3 is 0 Å². The number of aromatic nitrogens is 2. The van der Waals surface area contributed by atoms with Gasteiger partial charge in [0, 0.05) is 45.8 Å². The number of piperazine rings is 1. The molecule has 4 rings (SSSR count). The zero-order valence-corrected chi connectivity index (χ0v) is 16.5. The molecular formula is C22H29N5O. The summed E-state index contributed by atoms with van der Waals surface area (Å²) in [4.78, 5) is 19.3. The van der Waals surface area contributed by atoms with Gasteiger partial charge in [-0.3, -0.25) is 9.69 Å². The van der Waals surface area contributed by atoms with Crippen molar-refractivity contribution < 1.29 is 4.79 Å². The Morgan fingerprint density at radius 3 is 2.14 bits per heavy atom. The van der Waals surface area contributed by atoms with Gasteiger partial charge < -0.3 is 9.80 Å². The van der Waals surface area contributed by atoms with Crippen LogP contribution >= 0.6 is 0 Å². The summed E-state index contributed by atoms with van der Waals surface area (Å²) in [5.74, 6) is 0.889. The lowest BCUT2D eigenvalue weighted by Gasteiger charge is -2.35. The highest BCUT2D eigenvalue weighted by atomic mass is 16.2. The third-order valence-electron chi connectivity index (χ3n) is 5.71. The Morgan fingerprint density at radius 1 is 0.786 bits per heavy atom. The number of likely N-dealkylation sites (tertiary alicyclic amines) is 1. The first-order chi connectivity index (χ1) is 13.8. The van der Waals surface area contributed by atoms with E-state index in [1.807, 2.05) is 17.0 Å². The minimum Gasteiger partial charge on any atom is -0.353 e. The number of nitrogens with zero attached hydrogens (tertiary/aromatic N) is 5. The van der Waals surface area contributed by atoms with Gasteiger partial charge in [-0.05, 0) is 30.5 Å². The quantitative estimate of drug-likeness (QED) is 0.818. The lowest BCUT2D eigenvalue weighted by Crippen LogP contribution is -2.46. The predicted octanol–water partition coefficient (Wildman–Crippen LogP) is 2.82. The van der Waals surface area contributed by atoms with Crippen LogP contribution in [0, 0.1) is 0 Å². The molecule has 0 bridgehead atoms. The summed E-state index contributed by atoms with van der Waals surface area (Å²) >= 11 is 0. The topological polar surface area (TPSA) is 52.6 Å². The Hall–Kier alpha value is -2.47. The number of amides is 1. The van der Waals surface area contributed by atoms with Crippen LogP contribution in [0.25, 0.3) is 0 Å². The summed E-state index contributed by atoms with van der Waals surface area (Å²) in [6, 6.07) is 14.4. The molecule has 0 saturated carbocycles. The van der Waals surface area contributed by atoms with E-state index in [1.54, 1.807) is 0 Å². The predicted molar refractivity (Wildman–Crippen MR) is 110 cm³/mol. The first kappa shape index (κ1) is 18.9. The van der Waals surface area contributed by atoms with E-state index in [-0.39, 0.29) is 5.91 Å². The molecule has 0 unspecified atom stereocenters. The second-order valence-corrected chi connectivity index (χ2v) is 7.73. The molecule has 1 aromatic carbocycles. The molecule has 2 fully saturated rings. The van der Waals surface area contributed by atoms with E-state index in [2.05, 4.69) is 50.3 Å². The van der Waals surface area contributed by atoms with Crippen LogP contribution in [-0.2, 0) is 6.54 Å². The molecule has 6 heteroatoms. The van der Waals surface area contributed by atoms with E-state index < -0.39 is 0 Å². The van der Waals surface area contributed by atoms with Gasteiger partial charge in [0.05, 0.1) is 0 Å². The molecule has 2 aliphatic rings. The molecular weight excluding hydrogens is 350 g/mol. The molecule has 0 N–H and O–H groups in total. The first-order valence-corrected chi connectivity index (χ1v) is 10.4. The molecule has 0 atom stereocenters. The minimum atomic E-state index is 0.0219. The molecule has 28 heavy (non-hydrogen) atoms. The van der Waals surface area contributed by atoms with Gasteiger partial charge in [-0.2, -0.15) is 0 Å². The zero-order chi connectivity index (χ0) is 19.2. The molecule has 3 heterocycles. The average molecular weight is 380 g/mol. The van der Waals surface area contributed by atoms with Crippen LogP contribution in [-0.4, -0.2) is 65.2 Å². The summed E-state index contributed by atoms with van der Waals surface area (Å²) in [6.07, 6.45) is 4.60. The Bertz CT molecular complexity index is 748. The van der Waals surface area contributed by atoms with Crippen molar-refractivity contribution in [2.75, 3.05) is 44.2 Å². The van der Waals surface area contributed by atoms with Gasteiger partial charge in [0.2, 0.25) is 0 Å². The average Bonchev–Trinajstić information content (AvgIpc) is 3.04. The van der Waals surface area contributed by atoms with E-state index in [0.29, 0.717) is 5.69 Å². The molecule has 2 aromatic rings. The lowest BCUT2D eigenvalue weighted by atomic mass is 10.2. The van der Waals surface area contributed by atoms with Crippen molar-refractivity contribution in [3.8, 4) is 0 Å². The number of anilines is 1. The van der Waals surface area contributed by atoms with E-state index in [4.69, 9.17) is 0 Å². The lowest BCUT2D eigenvalue weighted by molar-refractivity contribution is 0.0754. The number of carbonyl (C=O) groups excluding carboxylic acids is 1. The van der Waals surface area contributed by atoms with Crippen LogP contribution in [0.3, 0.4) is 0 Å². The van der Waals surface area contributed by atoms with Crippen LogP contribution in [0.4, 0.5) is 5.82 Å². The maximum absolute atomic E-state index is 12.7. The Balaban J connectivity index is 1.31. The van der Waals surface area contributed by atoms with Crippen LogP contribution in [0.5, 0.6) is 0 Å². The highest BCUT2D eigenvalue weighted by Gasteiger charge is 2.21. The molecule has 0 aliphatic carbocycles. The number of hydrogen-bond acceptors (Lipinski definition) is 5. The summed E-state index contributed by atoms with van der Waals surface area (Å²) in [7, 11) is 0. The Kier molecular flexibility index (Phi) is 6.17. The fraction of sp³-hybridized carbons (Fsp3) is 0.500. The molecule has 1 amide bonds. The maximum Gasteiger partial charge on any atom is 0.274 e. The molecule has 0 spiro atoms. The third-order valence-corrected chi connectivity index (χ3v) is 5.71. The summed E-state index contributed by atoms with van der Waals surface area (Å²) in [6.45, 7) is 6.54. The molecule has 0 radical (unpaired) electrons. The fourth-order valence-electron chi connectivity index (χ4n) is 4.02. The molecule has 148 valence electrons. The van der Waals surface area contributed by atoms with E-state index in [0.717, 1.165) is 64.5 Å². The van der Waals surface area contributed by atoms with Gasteiger partial charge in [0.15, 0.2) is 11.5 Å². The monoisotopic (exact) mass is 379 g/mol. The van der Waals surface area contributed by atoms with E-state index in [1.165, 1.54) is 18.4 Å². The minimum absolute atomic E-state index is 0.0219. The van der Waals surface area contributed by atoms with Gasteiger partial charge in [0.25, 0.3) is 5.91 Å². The Morgan fingerprint density at radius 2 is 1.50 bits per heavy atom. The molecule has 2 aliphatic heterocycles. The normalized spacial score (nSPS) is 18.7. The van der Waals surface area contributed by atoms with Gasteiger partial charge in [0.1, 0.15) is 0 Å². The Labute approximate surface area is 167 Å². The molecule has 1 aromatic heterocycles. The maximum atomic E-state index is 12.7. The van der Waals surface area contributed by atoms with Gasteiger partial charge in [-0.25, -0.2) is 0 Å². The second-order valence-electron chi connectivity index (χ2n) is 7.73. The zero-order valence-electron chi connectivity index (χ0n) is 16.5. The standard InChI is InChI=1S/C22H29N5O/c28-22(27-12-6-1-2-7-13-27)20-10-11-21(24-23-20)26-16-14-25(15-17-26)18-19-8-4-3-5-9-19/h3-5,8-11H,1-2,6-7,12-18H2. The van der Waals surface area contributed by atoms with Crippen LogP contribution in [0.2, 0.25) is 0 Å². The van der Waals surface area contributed by atoms with Crippen molar-refractivity contribution in [2.24, 2.45) is 0 Å². The van der Waals surface area contributed by atoms with Crippen molar-refractivity contribution in [3.05, 3.63) is 53.7 Å². The smallest absolute Gasteiger partial charge is 0.274 e. The van der Waals surface area contributed by atoms with Crippen molar-refractivity contribution in [2.45, 2.75) is 32.2 Å². The summed E-state index contributed by atoms with van der Waals surface area (Å²) < 4.78 is 0. The first-order valence-electron chi connectivity index (χ1n) is 10.4. The molecule has 2 saturated heterocycles. The largest absolute Gasteiger partial charge is 0.353 e.